The number of nitrogens with zero attached hydrogens (tertiary/aromatic N) is 1. The molecule has 0 N–H and O–H groups in total. The summed E-state index contributed by atoms with van der Waals surface area (Å²) in [4.78, 5) is 2.43. The molecule has 26 heavy (non-hydrogen) atoms. The largest absolute Gasteiger partial charge is 0.417 e. The average Bonchev–Trinajstić information content (AvgIpc) is 2.55. The van der Waals surface area contributed by atoms with E-state index >= 15 is 0 Å². The molecule has 0 aliphatic carbocycles. The highest BCUT2D eigenvalue weighted by Gasteiger charge is 2.36. The quantitative estimate of drug-likeness (QED) is 0.303. The van der Waals surface area contributed by atoms with Gasteiger partial charge in [-0.15, -0.1) is 0 Å². The summed E-state index contributed by atoms with van der Waals surface area (Å²) in [7, 11) is 0.632. The third kappa shape index (κ3) is 7.83. The maximum absolute atomic E-state index is 6.38. The van der Waals surface area contributed by atoms with Gasteiger partial charge in [0, 0.05) is 25.9 Å². The number of hydrogen-bond donors (Lipinski definition) is 0. The fourth-order valence-corrected chi connectivity index (χ4v) is 4.18. The molecule has 0 bridgehead atoms. The average molecular weight is 378 g/mol. The lowest BCUT2D eigenvalue weighted by Crippen LogP contribution is -2.41. The lowest BCUT2D eigenvalue weighted by atomic mass is 9.96. The summed E-state index contributed by atoms with van der Waals surface area (Å²) in [5, 5.41) is 0.306. The SMILES string of the molecule is CCCC[C@@H](CCCO[Si](C)(C)C(C)(C)C)CN(C)c1cccc(C)c1. The Morgan fingerprint density at radius 3 is 2.35 bits per heavy atom. The first-order valence-corrected chi connectivity index (χ1v) is 13.4. The Morgan fingerprint density at radius 2 is 1.77 bits per heavy atom. The Kier molecular flexibility index (Phi) is 9.39. The van der Waals surface area contributed by atoms with E-state index < -0.39 is 8.32 Å². The van der Waals surface area contributed by atoms with Crippen LogP contribution in [-0.2, 0) is 4.43 Å². The Morgan fingerprint density at radius 1 is 1.12 bits per heavy atom. The summed E-state index contributed by atoms with van der Waals surface area (Å²) in [6.07, 6.45) is 6.39. The van der Waals surface area contributed by atoms with E-state index in [-0.39, 0.29) is 0 Å². The number of aryl methyl sites for hydroxylation is 1. The van der Waals surface area contributed by atoms with E-state index in [1.54, 1.807) is 0 Å². The van der Waals surface area contributed by atoms with Gasteiger partial charge in [-0.3, -0.25) is 0 Å². The van der Waals surface area contributed by atoms with Crippen molar-refractivity contribution in [2.45, 2.75) is 84.9 Å². The smallest absolute Gasteiger partial charge is 0.191 e. The monoisotopic (exact) mass is 377 g/mol. The van der Waals surface area contributed by atoms with Crippen LogP contribution < -0.4 is 4.90 Å². The van der Waals surface area contributed by atoms with E-state index in [1.807, 2.05) is 0 Å². The minimum atomic E-state index is -1.60. The molecule has 0 saturated heterocycles. The first kappa shape index (κ1) is 23.2. The first-order valence-electron chi connectivity index (χ1n) is 10.5. The van der Waals surface area contributed by atoms with Gasteiger partial charge in [0.15, 0.2) is 8.32 Å². The molecule has 1 rings (SSSR count). The summed E-state index contributed by atoms with van der Waals surface area (Å²) in [5.74, 6) is 0.753. The molecule has 1 aromatic carbocycles. The predicted molar refractivity (Wildman–Crippen MR) is 120 cm³/mol. The lowest BCUT2D eigenvalue weighted by Gasteiger charge is -2.36. The summed E-state index contributed by atoms with van der Waals surface area (Å²) in [6.45, 7) is 18.2. The summed E-state index contributed by atoms with van der Waals surface area (Å²) in [6, 6.07) is 8.85. The molecule has 150 valence electrons. The van der Waals surface area contributed by atoms with Gasteiger partial charge in [-0.2, -0.15) is 0 Å². The van der Waals surface area contributed by atoms with Crippen LogP contribution >= 0.6 is 0 Å². The van der Waals surface area contributed by atoms with Gasteiger partial charge < -0.3 is 9.33 Å². The second kappa shape index (κ2) is 10.5. The van der Waals surface area contributed by atoms with Crippen molar-refractivity contribution in [1.29, 1.82) is 0 Å². The lowest BCUT2D eigenvalue weighted by molar-refractivity contribution is 0.265. The van der Waals surface area contributed by atoms with Crippen molar-refractivity contribution in [2.24, 2.45) is 5.92 Å². The van der Waals surface area contributed by atoms with Gasteiger partial charge in [0.2, 0.25) is 0 Å². The molecule has 0 aliphatic rings. The van der Waals surface area contributed by atoms with Crippen LogP contribution in [0.3, 0.4) is 0 Å². The van der Waals surface area contributed by atoms with Crippen molar-refractivity contribution in [2.75, 3.05) is 25.1 Å². The van der Waals surface area contributed by atoms with Gasteiger partial charge in [0.25, 0.3) is 0 Å². The fourth-order valence-electron chi connectivity index (χ4n) is 3.09. The molecule has 0 heterocycles. The summed E-state index contributed by atoms with van der Waals surface area (Å²) < 4.78 is 6.38. The molecule has 2 nitrogen and oxygen atoms in total. The molecule has 3 heteroatoms. The second-order valence-electron chi connectivity index (χ2n) is 9.48. The molecule has 0 spiro atoms. The Bertz CT molecular complexity index is 521. The third-order valence-corrected chi connectivity index (χ3v) is 10.5. The van der Waals surface area contributed by atoms with Gasteiger partial charge in [-0.25, -0.2) is 0 Å². The van der Waals surface area contributed by atoms with E-state index in [9.17, 15) is 0 Å². The van der Waals surface area contributed by atoms with E-state index in [0.717, 1.165) is 19.1 Å². The highest BCUT2D eigenvalue weighted by Crippen LogP contribution is 2.36. The molecule has 0 amide bonds. The summed E-state index contributed by atoms with van der Waals surface area (Å²) >= 11 is 0. The van der Waals surface area contributed by atoms with Crippen LogP contribution in [0.1, 0.15) is 65.4 Å². The second-order valence-corrected chi connectivity index (χ2v) is 14.3. The van der Waals surface area contributed by atoms with E-state index in [1.165, 1.54) is 43.4 Å². The van der Waals surface area contributed by atoms with Crippen LogP contribution in [0.4, 0.5) is 5.69 Å². The topological polar surface area (TPSA) is 12.5 Å². The van der Waals surface area contributed by atoms with E-state index in [0.29, 0.717) is 5.04 Å². The first-order chi connectivity index (χ1) is 12.1. The minimum absolute atomic E-state index is 0.306. The van der Waals surface area contributed by atoms with Gasteiger partial charge in [0.1, 0.15) is 0 Å². The van der Waals surface area contributed by atoms with Gasteiger partial charge >= 0.3 is 0 Å². The third-order valence-electron chi connectivity index (χ3n) is 5.97. The van der Waals surface area contributed by atoms with Crippen LogP contribution in [0.15, 0.2) is 24.3 Å². The van der Waals surface area contributed by atoms with Crippen LogP contribution in [-0.4, -0.2) is 28.5 Å². The maximum atomic E-state index is 6.38. The van der Waals surface area contributed by atoms with Gasteiger partial charge in [-0.1, -0.05) is 52.7 Å². The van der Waals surface area contributed by atoms with E-state index in [4.69, 9.17) is 4.43 Å². The highest BCUT2D eigenvalue weighted by molar-refractivity contribution is 6.74. The van der Waals surface area contributed by atoms with Crippen molar-refractivity contribution in [3.8, 4) is 0 Å². The van der Waals surface area contributed by atoms with Crippen LogP contribution in [0.2, 0.25) is 18.1 Å². The van der Waals surface area contributed by atoms with Crippen LogP contribution in [0.25, 0.3) is 0 Å². The van der Waals surface area contributed by atoms with E-state index in [2.05, 4.69) is 83.9 Å². The minimum Gasteiger partial charge on any atom is -0.417 e. The molecule has 1 aromatic rings. The number of benzene rings is 1. The Balaban J connectivity index is 2.53. The number of unbranched alkanes of at least 4 members (excludes halogenated alkanes) is 1. The van der Waals surface area contributed by atoms with Crippen molar-refractivity contribution >= 4 is 14.0 Å². The van der Waals surface area contributed by atoms with Gasteiger partial charge in [0.05, 0.1) is 0 Å². The van der Waals surface area contributed by atoms with Crippen LogP contribution in [0.5, 0.6) is 0 Å². The molecule has 0 fully saturated rings. The normalized spacial score (nSPS) is 13.7. The molecular formula is C23H43NOSi. The van der Waals surface area contributed by atoms with Crippen molar-refractivity contribution in [3.05, 3.63) is 29.8 Å². The van der Waals surface area contributed by atoms with Gasteiger partial charge in [-0.05, 0) is 67.9 Å². The molecule has 0 aliphatic heterocycles. The Labute approximate surface area is 164 Å². The zero-order valence-corrected chi connectivity index (χ0v) is 19.7. The molecule has 1 atom stereocenters. The van der Waals surface area contributed by atoms with Crippen LogP contribution in [0, 0.1) is 12.8 Å². The zero-order valence-electron chi connectivity index (χ0n) is 18.7. The summed E-state index contributed by atoms with van der Waals surface area (Å²) in [5.41, 5.74) is 2.67. The molecular weight excluding hydrogens is 334 g/mol. The van der Waals surface area contributed by atoms with Crippen molar-refractivity contribution in [1.82, 2.24) is 0 Å². The van der Waals surface area contributed by atoms with Crippen molar-refractivity contribution in [3.63, 3.8) is 0 Å². The molecule has 0 unspecified atom stereocenters. The standard InChI is InChI=1S/C23H43NOSi/c1-9-10-14-21(15-12-17-25-26(7,8)23(3,4)5)19-24(6)22-16-11-13-20(2)18-22/h11,13,16,18,21H,9-10,12,14-15,17,19H2,1-8H3/t21-/m0/s1. The number of hydrogen-bond acceptors (Lipinski definition) is 2. The predicted octanol–water partition coefficient (Wildman–Crippen LogP) is 7.04. The number of anilines is 1. The zero-order chi connectivity index (χ0) is 19.8. The molecule has 0 aromatic heterocycles. The molecule has 0 radical (unpaired) electrons. The highest BCUT2D eigenvalue weighted by atomic mass is 28.4. The maximum Gasteiger partial charge on any atom is 0.191 e. The fraction of sp³-hybridized carbons (Fsp3) is 0.739. The Hall–Kier alpha value is -0.803. The number of rotatable bonds is 11. The van der Waals surface area contributed by atoms with Crippen molar-refractivity contribution < 1.29 is 4.43 Å². The molecule has 0 saturated carbocycles.